The van der Waals surface area contributed by atoms with E-state index in [0.29, 0.717) is 29.2 Å². The number of rotatable bonds is 11. The third-order valence-electron chi connectivity index (χ3n) is 5.97. The zero-order valence-electron chi connectivity index (χ0n) is 20.3. The van der Waals surface area contributed by atoms with Gasteiger partial charge in [0, 0.05) is 52.8 Å². The van der Waals surface area contributed by atoms with Crippen molar-refractivity contribution >= 4 is 29.1 Å². The molecule has 1 amide bonds. The van der Waals surface area contributed by atoms with Gasteiger partial charge in [0.2, 0.25) is 5.91 Å². The van der Waals surface area contributed by atoms with Gasteiger partial charge in [-0.15, -0.1) is 11.3 Å². The van der Waals surface area contributed by atoms with E-state index < -0.39 is 5.91 Å². The number of nitrogens with two attached hydrogens (primary N) is 1. The van der Waals surface area contributed by atoms with Crippen LogP contribution in [0.5, 0.6) is 11.5 Å². The van der Waals surface area contributed by atoms with Crippen LogP contribution in [0.15, 0.2) is 60.0 Å². The smallest absolute Gasteiger partial charge is 0.248 e. The van der Waals surface area contributed by atoms with Gasteiger partial charge < -0.3 is 19.9 Å². The Labute approximate surface area is 215 Å². The van der Waals surface area contributed by atoms with E-state index in [1.54, 1.807) is 48.8 Å². The summed E-state index contributed by atoms with van der Waals surface area (Å²) in [6.07, 6.45) is 4.15. The van der Waals surface area contributed by atoms with Gasteiger partial charge in [-0.1, -0.05) is 18.2 Å². The van der Waals surface area contributed by atoms with Crippen molar-refractivity contribution in [1.29, 1.82) is 0 Å². The Hall–Kier alpha value is -3.46. The summed E-state index contributed by atoms with van der Waals surface area (Å²) in [6, 6.07) is 14.2. The van der Waals surface area contributed by atoms with E-state index in [2.05, 4.69) is 4.90 Å². The van der Waals surface area contributed by atoms with Crippen LogP contribution in [0.2, 0.25) is 0 Å². The van der Waals surface area contributed by atoms with Crippen LogP contribution in [0.4, 0.5) is 0 Å². The number of thiophene rings is 1. The van der Waals surface area contributed by atoms with Crippen LogP contribution in [0.3, 0.4) is 0 Å². The number of carbonyl (C=O) groups is 2. The number of amides is 1. The monoisotopic (exact) mass is 506 g/mol. The topological polar surface area (TPSA) is 91.1 Å². The summed E-state index contributed by atoms with van der Waals surface area (Å²) in [5.74, 6) is 0.658. The minimum Gasteiger partial charge on any atom is -0.496 e. The molecule has 7 nitrogen and oxygen atoms in total. The number of ketones is 1. The maximum atomic E-state index is 12.8. The average Bonchev–Trinajstić information content (AvgIpc) is 3.45. The molecule has 3 aromatic rings. The molecule has 1 fully saturated rings. The zero-order valence-corrected chi connectivity index (χ0v) is 21.1. The van der Waals surface area contributed by atoms with E-state index in [0.717, 1.165) is 55.3 Å². The molecule has 0 saturated carbocycles. The van der Waals surface area contributed by atoms with Gasteiger partial charge in [0.05, 0.1) is 26.9 Å². The van der Waals surface area contributed by atoms with Crippen molar-refractivity contribution in [1.82, 2.24) is 4.90 Å². The van der Waals surface area contributed by atoms with Gasteiger partial charge in [-0.2, -0.15) is 0 Å². The quantitative estimate of drug-likeness (QED) is 0.234. The minimum absolute atomic E-state index is 0.183. The van der Waals surface area contributed by atoms with Gasteiger partial charge in [0.15, 0.2) is 5.78 Å². The largest absolute Gasteiger partial charge is 0.496 e. The lowest BCUT2D eigenvalue weighted by atomic mass is 10.0. The van der Waals surface area contributed by atoms with E-state index in [1.807, 2.05) is 29.6 Å². The number of hydrogen-bond donors (Lipinski definition) is 1. The molecule has 0 aliphatic carbocycles. The number of carbonyl (C=O) groups excluding carboxylic acids is 2. The van der Waals surface area contributed by atoms with Gasteiger partial charge in [-0.25, -0.2) is 0 Å². The average molecular weight is 507 g/mol. The van der Waals surface area contributed by atoms with Crippen molar-refractivity contribution in [3.05, 3.63) is 76.7 Å². The normalized spacial score (nSPS) is 14.1. The Morgan fingerprint density at radius 2 is 1.83 bits per heavy atom. The summed E-state index contributed by atoms with van der Waals surface area (Å²) in [4.78, 5) is 27.5. The number of allylic oxidation sites excluding steroid dienone is 1. The first-order valence-electron chi connectivity index (χ1n) is 11.9. The number of primary amides is 1. The van der Waals surface area contributed by atoms with Crippen molar-refractivity contribution in [3.63, 3.8) is 0 Å². The van der Waals surface area contributed by atoms with Gasteiger partial charge >= 0.3 is 0 Å². The molecule has 0 atom stereocenters. The van der Waals surface area contributed by atoms with Gasteiger partial charge in [-0.05, 0) is 48.2 Å². The maximum absolute atomic E-state index is 12.8. The second kappa shape index (κ2) is 12.5. The molecule has 1 aromatic heterocycles. The van der Waals surface area contributed by atoms with E-state index in [4.69, 9.17) is 19.9 Å². The lowest BCUT2D eigenvalue weighted by Gasteiger charge is -2.26. The Balaban J connectivity index is 1.54. The van der Waals surface area contributed by atoms with Crippen LogP contribution in [-0.4, -0.2) is 63.2 Å². The Bertz CT molecular complexity index is 1200. The minimum atomic E-state index is -0.528. The molecule has 0 unspecified atom stereocenters. The number of ether oxygens (including phenoxy) is 3. The molecule has 1 saturated heterocycles. The second-order valence-electron chi connectivity index (χ2n) is 8.36. The third kappa shape index (κ3) is 6.60. The highest BCUT2D eigenvalue weighted by Gasteiger charge is 2.15. The Morgan fingerprint density at radius 3 is 2.50 bits per heavy atom. The lowest BCUT2D eigenvalue weighted by Crippen LogP contribution is -2.37. The standard InChI is InChI=1S/C28H30N2O5S/c1-33-26-19-25(35-14-3-11-30-12-15-34-16-13-30)22(18-23(26)27-4-2-17-36-27)9-10-24(31)20-5-7-21(8-6-20)28(29)32/h2,4-10,17-19H,3,11-16H2,1H3,(H2,29,32). The van der Waals surface area contributed by atoms with Crippen molar-refractivity contribution in [3.8, 4) is 21.9 Å². The Kier molecular flexibility index (Phi) is 8.89. The molecular weight excluding hydrogens is 476 g/mol. The first kappa shape index (κ1) is 25.6. The summed E-state index contributed by atoms with van der Waals surface area (Å²) in [7, 11) is 1.64. The van der Waals surface area contributed by atoms with E-state index in [1.165, 1.54) is 6.08 Å². The van der Waals surface area contributed by atoms with Crippen LogP contribution < -0.4 is 15.2 Å². The molecule has 1 aliphatic rings. The maximum Gasteiger partial charge on any atom is 0.248 e. The third-order valence-corrected chi connectivity index (χ3v) is 6.87. The predicted molar refractivity (Wildman–Crippen MR) is 142 cm³/mol. The van der Waals surface area contributed by atoms with Crippen LogP contribution in [0.25, 0.3) is 16.5 Å². The molecule has 1 aliphatic heterocycles. The first-order chi connectivity index (χ1) is 17.5. The highest BCUT2D eigenvalue weighted by Crippen LogP contribution is 2.39. The molecule has 36 heavy (non-hydrogen) atoms. The van der Waals surface area contributed by atoms with Crippen molar-refractivity contribution < 1.29 is 23.8 Å². The van der Waals surface area contributed by atoms with E-state index in [-0.39, 0.29) is 5.78 Å². The lowest BCUT2D eigenvalue weighted by molar-refractivity contribution is 0.0358. The fourth-order valence-corrected chi connectivity index (χ4v) is 4.73. The molecule has 2 N–H and O–H groups in total. The summed E-state index contributed by atoms with van der Waals surface area (Å²) in [5, 5.41) is 2.01. The molecule has 2 heterocycles. The van der Waals surface area contributed by atoms with Gasteiger partial charge in [-0.3, -0.25) is 14.5 Å². The highest BCUT2D eigenvalue weighted by molar-refractivity contribution is 7.13. The molecule has 0 bridgehead atoms. The van der Waals surface area contributed by atoms with Crippen LogP contribution >= 0.6 is 11.3 Å². The number of nitrogens with zero attached hydrogens (tertiary/aromatic N) is 1. The predicted octanol–water partition coefficient (Wildman–Crippen LogP) is 4.52. The van der Waals surface area contributed by atoms with Crippen molar-refractivity contribution in [2.45, 2.75) is 6.42 Å². The molecule has 0 spiro atoms. The van der Waals surface area contributed by atoms with Crippen LogP contribution in [-0.2, 0) is 4.74 Å². The molecule has 8 heteroatoms. The molecule has 4 rings (SSSR count). The first-order valence-corrected chi connectivity index (χ1v) is 12.7. The fraction of sp³-hybridized carbons (Fsp3) is 0.286. The molecular formula is C28H30N2O5S. The second-order valence-corrected chi connectivity index (χ2v) is 9.31. The van der Waals surface area contributed by atoms with E-state index in [9.17, 15) is 9.59 Å². The number of morpholine rings is 1. The van der Waals surface area contributed by atoms with Crippen LogP contribution in [0, 0.1) is 0 Å². The van der Waals surface area contributed by atoms with Crippen molar-refractivity contribution in [2.75, 3.05) is 46.6 Å². The van der Waals surface area contributed by atoms with E-state index >= 15 is 0 Å². The summed E-state index contributed by atoms with van der Waals surface area (Å²) >= 11 is 1.62. The zero-order chi connectivity index (χ0) is 25.3. The number of hydrogen-bond acceptors (Lipinski definition) is 7. The van der Waals surface area contributed by atoms with Gasteiger partial charge in [0.25, 0.3) is 0 Å². The summed E-state index contributed by atoms with van der Waals surface area (Å²) in [6.45, 7) is 4.92. The number of methoxy groups -OCH3 is 1. The Morgan fingerprint density at radius 1 is 1.08 bits per heavy atom. The number of benzene rings is 2. The molecule has 2 aromatic carbocycles. The molecule has 0 radical (unpaired) electrons. The van der Waals surface area contributed by atoms with Crippen molar-refractivity contribution in [2.24, 2.45) is 5.73 Å². The molecule has 188 valence electrons. The summed E-state index contributed by atoms with van der Waals surface area (Å²) < 4.78 is 17.3. The SMILES string of the molecule is COc1cc(OCCCN2CCOCC2)c(C=CC(=O)c2ccc(C(N)=O)cc2)cc1-c1cccs1. The van der Waals surface area contributed by atoms with Gasteiger partial charge in [0.1, 0.15) is 11.5 Å². The highest BCUT2D eigenvalue weighted by atomic mass is 32.1. The summed E-state index contributed by atoms with van der Waals surface area (Å²) in [5.41, 5.74) is 7.84. The van der Waals surface area contributed by atoms with Crippen LogP contribution in [0.1, 0.15) is 32.7 Å². The fourth-order valence-electron chi connectivity index (χ4n) is 3.98.